The Morgan fingerprint density at radius 3 is 1.47 bits per heavy atom. The fourth-order valence-electron chi connectivity index (χ4n) is 2.56. The highest BCUT2D eigenvalue weighted by molar-refractivity contribution is 7.46. The molecule has 0 aliphatic heterocycles. The van der Waals surface area contributed by atoms with E-state index in [9.17, 15) is 19.3 Å². The summed E-state index contributed by atoms with van der Waals surface area (Å²) in [6.45, 7) is 2.36. The van der Waals surface area contributed by atoms with Gasteiger partial charge in [-0.05, 0) is 13.8 Å². The van der Waals surface area contributed by atoms with Gasteiger partial charge >= 0.3 is 15.6 Å². The van der Waals surface area contributed by atoms with Gasteiger partial charge in [0.25, 0.3) is 0 Å². The van der Waals surface area contributed by atoms with Crippen LogP contribution < -0.4 is 0 Å². The topological polar surface area (TPSA) is 224 Å². The van der Waals surface area contributed by atoms with Crippen LogP contribution >= 0.6 is 15.6 Å². The zero-order chi connectivity index (χ0) is 25.5. The van der Waals surface area contributed by atoms with Crippen molar-refractivity contribution in [1.82, 2.24) is 9.97 Å². The van der Waals surface area contributed by atoms with Gasteiger partial charge in [-0.2, -0.15) is 0 Å². The molecule has 0 spiro atoms. The van der Waals surface area contributed by atoms with Gasteiger partial charge in [0.2, 0.25) is 0 Å². The lowest BCUT2D eigenvalue weighted by Gasteiger charge is -2.11. The number of phosphoric ester groups is 2. The van der Waals surface area contributed by atoms with Gasteiger partial charge in [-0.3, -0.25) is 29.0 Å². The van der Waals surface area contributed by atoms with Crippen molar-refractivity contribution < 1.29 is 48.0 Å². The number of aliphatic imine (C=N–C) groups is 2. The minimum atomic E-state index is -4.72. The molecule has 16 heteroatoms. The van der Waals surface area contributed by atoms with Crippen molar-refractivity contribution in [1.29, 1.82) is 0 Å². The van der Waals surface area contributed by atoms with E-state index in [0.717, 1.165) is 0 Å². The number of aromatic hydroxyl groups is 2. The van der Waals surface area contributed by atoms with Crippen LogP contribution in [0.4, 0.5) is 0 Å². The summed E-state index contributed by atoms with van der Waals surface area (Å²) in [6.07, 6.45) is 5.20. The number of nitrogens with zero attached hydrogens (tertiary/aromatic N) is 4. The maximum absolute atomic E-state index is 10.9. The highest BCUT2D eigenvalue weighted by Crippen LogP contribution is 2.38. The Labute approximate surface area is 194 Å². The number of phosphoric acid groups is 2. The predicted octanol–water partition coefficient (Wildman–Crippen LogP) is 1.26. The first-order valence-corrected chi connectivity index (χ1v) is 12.6. The Morgan fingerprint density at radius 1 is 0.794 bits per heavy atom. The van der Waals surface area contributed by atoms with Gasteiger partial charge in [-0.15, -0.1) is 0 Å². The van der Waals surface area contributed by atoms with Crippen LogP contribution in [0.1, 0.15) is 33.6 Å². The normalized spacial score (nSPS) is 12.8. The molecule has 2 aromatic heterocycles. The second-order valence-electron chi connectivity index (χ2n) is 6.86. The zero-order valence-electron chi connectivity index (χ0n) is 18.1. The number of hydrogen-bond acceptors (Lipinski definition) is 10. The lowest BCUT2D eigenvalue weighted by Crippen LogP contribution is -2.02. The predicted molar refractivity (Wildman–Crippen MR) is 120 cm³/mol. The Balaban J connectivity index is 2.10. The molecule has 14 nitrogen and oxygen atoms in total. The molecule has 0 saturated heterocycles. The first-order chi connectivity index (χ1) is 15.8. The molecule has 0 radical (unpaired) electrons. The SMILES string of the molecule is Cc1ncc(COP(=O)(O)O)c(C=NCCN=Cc2c(COP(=O)(O)O)cnc(C)c2O)c1O. The van der Waals surface area contributed by atoms with Gasteiger partial charge in [-0.1, -0.05) is 0 Å². The summed E-state index contributed by atoms with van der Waals surface area (Å²) in [4.78, 5) is 51.6. The van der Waals surface area contributed by atoms with E-state index in [1.165, 1.54) is 24.8 Å². The number of rotatable bonds is 11. The van der Waals surface area contributed by atoms with E-state index >= 15 is 0 Å². The Hall–Kier alpha value is -2.54. The van der Waals surface area contributed by atoms with E-state index < -0.39 is 28.9 Å². The maximum atomic E-state index is 10.9. The van der Waals surface area contributed by atoms with Crippen molar-refractivity contribution in [3.63, 3.8) is 0 Å². The molecule has 0 atom stereocenters. The van der Waals surface area contributed by atoms with E-state index in [4.69, 9.17) is 19.6 Å². The number of pyridine rings is 2. The van der Waals surface area contributed by atoms with E-state index in [1.54, 1.807) is 13.8 Å². The number of hydrogen-bond donors (Lipinski definition) is 6. The van der Waals surface area contributed by atoms with Crippen LogP contribution in [0, 0.1) is 13.8 Å². The molecule has 0 amide bonds. The standard InChI is InChI=1S/C18H24N4O10P2/c1-11-17(23)15(13(5-21-11)9-31-33(25,26)27)7-19-3-4-20-8-16-14(10-32-34(28,29)30)6-22-12(2)18(16)24/h5-8,23-24H,3-4,9-10H2,1-2H3,(H2,25,26,27)(H2,28,29,30). The summed E-state index contributed by atoms with van der Waals surface area (Å²) >= 11 is 0. The van der Waals surface area contributed by atoms with Gasteiger partial charge in [0.15, 0.2) is 0 Å². The molecule has 2 heterocycles. The molecule has 0 aliphatic rings. The molecule has 0 bridgehead atoms. The molecule has 2 aromatic rings. The number of aryl methyl sites for hydroxylation is 2. The molecule has 6 N–H and O–H groups in total. The first-order valence-electron chi connectivity index (χ1n) is 9.53. The molecular weight excluding hydrogens is 494 g/mol. The maximum Gasteiger partial charge on any atom is 0.469 e. The molecule has 2 rings (SSSR count). The van der Waals surface area contributed by atoms with E-state index in [2.05, 4.69) is 29.0 Å². The molecule has 0 fully saturated rings. The van der Waals surface area contributed by atoms with Crippen LogP contribution in [-0.4, -0.2) is 65.3 Å². The van der Waals surface area contributed by atoms with Crippen molar-refractivity contribution in [2.24, 2.45) is 9.98 Å². The van der Waals surface area contributed by atoms with Gasteiger partial charge in [0.05, 0.1) is 37.7 Å². The van der Waals surface area contributed by atoms with Crippen molar-refractivity contribution >= 4 is 28.1 Å². The molecule has 0 aromatic carbocycles. The third-order valence-corrected chi connectivity index (χ3v) is 5.22. The molecule has 34 heavy (non-hydrogen) atoms. The summed E-state index contributed by atoms with van der Waals surface area (Å²) in [5.41, 5.74) is 1.37. The fraction of sp³-hybridized carbons (Fsp3) is 0.333. The smallest absolute Gasteiger partial charge is 0.469 e. The van der Waals surface area contributed by atoms with E-state index in [-0.39, 0.29) is 58.2 Å². The van der Waals surface area contributed by atoms with Gasteiger partial charge < -0.3 is 29.8 Å². The second-order valence-corrected chi connectivity index (χ2v) is 9.34. The quantitative estimate of drug-likeness (QED) is 0.140. The van der Waals surface area contributed by atoms with Crippen molar-refractivity contribution in [2.75, 3.05) is 13.1 Å². The van der Waals surface area contributed by atoms with Gasteiger partial charge in [0.1, 0.15) is 11.5 Å². The average Bonchev–Trinajstić information content (AvgIpc) is 2.73. The van der Waals surface area contributed by atoms with Crippen molar-refractivity contribution in [2.45, 2.75) is 27.1 Å². The number of aromatic nitrogens is 2. The summed E-state index contributed by atoms with van der Waals surface area (Å²) < 4.78 is 30.8. The molecule has 0 unspecified atom stereocenters. The molecule has 186 valence electrons. The fourth-order valence-corrected chi connectivity index (χ4v) is 3.17. The lowest BCUT2D eigenvalue weighted by molar-refractivity contribution is 0.187. The van der Waals surface area contributed by atoms with Crippen LogP contribution in [0.15, 0.2) is 22.4 Å². The first kappa shape index (κ1) is 27.7. The third-order valence-electron chi connectivity index (χ3n) is 4.29. The highest BCUT2D eigenvalue weighted by Gasteiger charge is 2.18. The monoisotopic (exact) mass is 518 g/mol. The van der Waals surface area contributed by atoms with Crippen LogP contribution in [0.5, 0.6) is 11.5 Å². The van der Waals surface area contributed by atoms with Crippen LogP contribution in [0.2, 0.25) is 0 Å². The summed E-state index contributed by atoms with van der Waals surface area (Å²) in [7, 11) is -9.45. The average molecular weight is 518 g/mol. The Kier molecular flexibility index (Phi) is 9.56. The second kappa shape index (κ2) is 11.7. The van der Waals surface area contributed by atoms with Crippen LogP contribution in [-0.2, 0) is 31.4 Å². The summed E-state index contributed by atoms with van der Waals surface area (Å²) in [5.74, 6) is -0.433. The highest BCUT2D eigenvalue weighted by atomic mass is 31.2. The minimum Gasteiger partial charge on any atom is -0.505 e. The van der Waals surface area contributed by atoms with Crippen LogP contribution in [0.25, 0.3) is 0 Å². The van der Waals surface area contributed by atoms with Crippen molar-refractivity contribution in [3.05, 3.63) is 46.0 Å². The largest absolute Gasteiger partial charge is 0.505 e. The minimum absolute atomic E-state index is 0.134. The van der Waals surface area contributed by atoms with E-state index in [0.29, 0.717) is 0 Å². The van der Waals surface area contributed by atoms with Gasteiger partial charge in [0, 0.05) is 47.1 Å². The van der Waals surface area contributed by atoms with Crippen molar-refractivity contribution in [3.8, 4) is 11.5 Å². The summed E-state index contributed by atoms with van der Waals surface area (Å²) in [6, 6.07) is 0. The van der Waals surface area contributed by atoms with Crippen LogP contribution in [0.3, 0.4) is 0 Å². The van der Waals surface area contributed by atoms with Gasteiger partial charge in [-0.25, -0.2) is 9.13 Å². The Morgan fingerprint density at radius 2 is 1.15 bits per heavy atom. The molecule has 0 aliphatic carbocycles. The lowest BCUT2D eigenvalue weighted by atomic mass is 10.1. The molecule has 0 saturated carbocycles. The Bertz CT molecular complexity index is 1080. The van der Waals surface area contributed by atoms with E-state index in [1.807, 2.05) is 0 Å². The molecular formula is C18H24N4O10P2. The zero-order valence-corrected chi connectivity index (χ0v) is 19.9. The summed E-state index contributed by atoms with van der Waals surface area (Å²) in [5, 5.41) is 20.4. The third kappa shape index (κ3) is 8.67.